The third-order valence-corrected chi connectivity index (χ3v) is 3.63. The van der Waals surface area contributed by atoms with E-state index in [2.05, 4.69) is 83.5 Å². The fourth-order valence-electron chi connectivity index (χ4n) is 2.57. The molecule has 1 aliphatic heterocycles. The van der Waals surface area contributed by atoms with Crippen LogP contribution < -0.4 is 4.90 Å². The molecule has 0 aliphatic carbocycles. The van der Waals surface area contributed by atoms with Gasteiger partial charge in [0.2, 0.25) is 0 Å². The first-order valence-corrected chi connectivity index (χ1v) is 7.21. The Kier molecular flexibility index (Phi) is 3.75. The minimum atomic E-state index is 0.0261. The summed E-state index contributed by atoms with van der Waals surface area (Å²) in [7, 11) is 0. The quantitative estimate of drug-likeness (QED) is 0.705. The number of anilines is 1. The average molecular weight is 255 g/mol. The molecule has 1 aliphatic rings. The van der Waals surface area contributed by atoms with Crippen LogP contribution in [0.1, 0.15) is 64.5 Å². The van der Waals surface area contributed by atoms with E-state index >= 15 is 0 Å². The largest absolute Gasteiger partial charge is 0.336 e. The monoisotopic (exact) mass is 255 g/mol. The van der Waals surface area contributed by atoms with Crippen LogP contribution in [-0.4, -0.2) is 0 Å². The smallest absolute Gasteiger partial charge is 0.106 e. The van der Waals surface area contributed by atoms with Crippen molar-refractivity contribution in [1.82, 2.24) is 0 Å². The Balaban J connectivity index is 2.51. The maximum atomic E-state index is 3.56. The van der Waals surface area contributed by atoms with Crippen LogP contribution in [0.3, 0.4) is 0 Å². The summed E-state index contributed by atoms with van der Waals surface area (Å²) in [6, 6.07) is 6.67. The van der Waals surface area contributed by atoms with E-state index in [4.69, 9.17) is 0 Å². The Morgan fingerprint density at radius 1 is 1.00 bits per heavy atom. The number of rotatable bonds is 3. The number of para-hydroxylation sites is 1. The molecule has 0 bridgehead atoms. The second-order valence-electron chi connectivity index (χ2n) is 6.61. The highest BCUT2D eigenvalue weighted by molar-refractivity contribution is 5.66. The van der Waals surface area contributed by atoms with E-state index in [9.17, 15) is 0 Å². The molecule has 0 spiro atoms. The van der Waals surface area contributed by atoms with Gasteiger partial charge in [-0.05, 0) is 23.0 Å². The molecule has 0 aromatic heterocycles. The fourth-order valence-corrected chi connectivity index (χ4v) is 2.57. The van der Waals surface area contributed by atoms with Crippen LogP contribution in [0, 0.1) is 12.0 Å². The Morgan fingerprint density at radius 3 is 1.89 bits per heavy atom. The summed E-state index contributed by atoms with van der Waals surface area (Å²) in [5.41, 5.74) is 4.16. The molecular formula is C18H25N. The maximum Gasteiger partial charge on any atom is 0.106 e. The van der Waals surface area contributed by atoms with Gasteiger partial charge >= 0.3 is 0 Å². The molecule has 1 aromatic carbocycles. The van der Waals surface area contributed by atoms with Gasteiger partial charge in [0.15, 0.2) is 0 Å². The summed E-state index contributed by atoms with van der Waals surface area (Å²) in [6.45, 7) is 17.0. The van der Waals surface area contributed by atoms with Crippen LogP contribution >= 0.6 is 0 Å². The van der Waals surface area contributed by atoms with Gasteiger partial charge in [0, 0.05) is 17.3 Å². The van der Waals surface area contributed by atoms with Crippen LogP contribution in [-0.2, 0) is 0 Å². The van der Waals surface area contributed by atoms with E-state index in [1.807, 2.05) is 0 Å². The lowest BCUT2D eigenvalue weighted by Crippen LogP contribution is -2.19. The zero-order valence-electron chi connectivity index (χ0n) is 13.0. The first kappa shape index (κ1) is 14.2. The Bertz CT molecular complexity index is 454. The first-order valence-electron chi connectivity index (χ1n) is 7.21. The van der Waals surface area contributed by atoms with Crippen molar-refractivity contribution < 1.29 is 0 Å². The Hall–Kier alpha value is -1.24. The third kappa shape index (κ3) is 2.86. The minimum Gasteiger partial charge on any atom is -0.336 e. The van der Waals surface area contributed by atoms with Crippen molar-refractivity contribution in [3.63, 3.8) is 0 Å². The van der Waals surface area contributed by atoms with Gasteiger partial charge in [-0.1, -0.05) is 65.8 Å². The van der Waals surface area contributed by atoms with Crippen molar-refractivity contribution in [2.45, 2.75) is 53.4 Å². The van der Waals surface area contributed by atoms with E-state index in [0.29, 0.717) is 11.8 Å². The van der Waals surface area contributed by atoms with Gasteiger partial charge in [-0.15, -0.1) is 0 Å². The first-order chi connectivity index (χ1) is 8.82. The molecule has 0 amide bonds. The molecule has 102 valence electrons. The molecular weight excluding hydrogens is 230 g/mol. The molecule has 2 radical (unpaired) electrons. The lowest BCUT2D eigenvalue weighted by molar-refractivity contribution is 0.582. The summed E-state index contributed by atoms with van der Waals surface area (Å²) in [5, 5.41) is 0. The van der Waals surface area contributed by atoms with Gasteiger partial charge < -0.3 is 4.90 Å². The SMILES string of the molecule is CC(C)c1cccc(C(C)C)c1N1[C]C(C)(C)C=C1. The van der Waals surface area contributed by atoms with Crippen molar-refractivity contribution in [3.05, 3.63) is 48.1 Å². The van der Waals surface area contributed by atoms with Crippen LogP contribution in [0.4, 0.5) is 5.69 Å². The van der Waals surface area contributed by atoms with Crippen molar-refractivity contribution in [2.75, 3.05) is 4.90 Å². The molecule has 0 saturated carbocycles. The van der Waals surface area contributed by atoms with Crippen molar-refractivity contribution in [1.29, 1.82) is 0 Å². The molecule has 1 heterocycles. The van der Waals surface area contributed by atoms with E-state index in [0.717, 1.165) is 0 Å². The summed E-state index contributed by atoms with van der Waals surface area (Å²) in [6.07, 6.45) is 4.38. The fraction of sp³-hybridized carbons (Fsp3) is 0.500. The summed E-state index contributed by atoms with van der Waals surface area (Å²) < 4.78 is 0. The second kappa shape index (κ2) is 5.03. The van der Waals surface area contributed by atoms with Crippen molar-refractivity contribution >= 4 is 5.69 Å². The number of hydrogen-bond acceptors (Lipinski definition) is 1. The highest BCUT2D eigenvalue weighted by atomic mass is 15.1. The van der Waals surface area contributed by atoms with Gasteiger partial charge in [-0.25, -0.2) is 0 Å². The predicted molar refractivity (Wildman–Crippen MR) is 83.3 cm³/mol. The van der Waals surface area contributed by atoms with Gasteiger partial charge in [0.1, 0.15) is 6.54 Å². The third-order valence-electron chi connectivity index (χ3n) is 3.63. The highest BCUT2D eigenvalue weighted by Gasteiger charge is 2.29. The lowest BCUT2D eigenvalue weighted by Gasteiger charge is -2.28. The van der Waals surface area contributed by atoms with Crippen molar-refractivity contribution in [3.8, 4) is 0 Å². The molecule has 1 heteroatoms. The van der Waals surface area contributed by atoms with Gasteiger partial charge in [-0.2, -0.15) is 0 Å². The number of hydrogen-bond donors (Lipinski definition) is 0. The Morgan fingerprint density at radius 2 is 1.53 bits per heavy atom. The number of nitrogens with zero attached hydrogens (tertiary/aromatic N) is 1. The van der Waals surface area contributed by atoms with Gasteiger partial charge in [-0.3, -0.25) is 0 Å². The van der Waals surface area contributed by atoms with Crippen molar-refractivity contribution in [2.24, 2.45) is 5.41 Å². The zero-order valence-corrected chi connectivity index (χ0v) is 13.0. The molecule has 0 unspecified atom stereocenters. The molecule has 1 aromatic rings. The predicted octanol–water partition coefficient (Wildman–Crippen LogP) is 5.33. The lowest BCUT2D eigenvalue weighted by atomic mass is 9.91. The van der Waals surface area contributed by atoms with Crippen LogP contribution in [0.15, 0.2) is 30.5 Å². The zero-order chi connectivity index (χ0) is 14.2. The van der Waals surface area contributed by atoms with E-state index in [1.54, 1.807) is 0 Å². The maximum absolute atomic E-state index is 3.56. The van der Waals surface area contributed by atoms with Crippen LogP contribution in [0.25, 0.3) is 0 Å². The number of benzene rings is 1. The molecule has 0 N–H and O–H groups in total. The molecule has 1 nitrogen and oxygen atoms in total. The topological polar surface area (TPSA) is 3.24 Å². The summed E-state index contributed by atoms with van der Waals surface area (Å²) in [4.78, 5) is 2.20. The molecule has 0 atom stereocenters. The molecule has 0 fully saturated rings. The normalized spacial score (nSPS) is 17.8. The van der Waals surface area contributed by atoms with Gasteiger partial charge in [0.05, 0.1) is 0 Å². The standard InChI is InChI=1S/C18H25N/c1-13(2)15-8-7-9-16(14(3)4)17(15)19-11-10-18(5,6)12-19/h7-11,13-14H,1-6H3. The highest BCUT2D eigenvalue weighted by Crippen LogP contribution is 2.41. The molecule has 19 heavy (non-hydrogen) atoms. The van der Waals surface area contributed by atoms with Crippen LogP contribution in [0.5, 0.6) is 0 Å². The van der Waals surface area contributed by atoms with E-state index < -0.39 is 0 Å². The van der Waals surface area contributed by atoms with E-state index in [1.165, 1.54) is 16.8 Å². The second-order valence-corrected chi connectivity index (χ2v) is 6.61. The average Bonchev–Trinajstić information content (AvgIpc) is 2.68. The van der Waals surface area contributed by atoms with Gasteiger partial charge in [0.25, 0.3) is 0 Å². The minimum absolute atomic E-state index is 0.0261. The summed E-state index contributed by atoms with van der Waals surface area (Å²) >= 11 is 0. The molecule has 0 saturated heterocycles. The Labute approximate surface area is 118 Å². The van der Waals surface area contributed by atoms with Crippen LogP contribution in [0.2, 0.25) is 0 Å². The summed E-state index contributed by atoms with van der Waals surface area (Å²) in [5.74, 6) is 1.04. The van der Waals surface area contributed by atoms with E-state index in [-0.39, 0.29) is 5.41 Å². The molecule has 2 rings (SSSR count).